The van der Waals surface area contributed by atoms with Gasteiger partial charge in [0.25, 0.3) is 5.91 Å². The molecule has 2 rings (SSSR count). The van der Waals surface area contributed by atoms with Crippen molar-refractivity contribution in [1.29, 1.82) is 0 Å². The summed E-state index contributed by atoms with van der Waals surface area (Å²) in [6.07, 6.45) is 0. The van der Waals surface area contributed by atoms with E-state index in [1.165, 1.54) is 0 Å². The molecule has 3 nitrogen and oxygen atoms in total. The molecule has 0 heterocycles. The van der Waals surface area contributed by atoms with Gasteiger partial charge in [-0.1, -0.05) is 34.1 Å². The van der Waals surface area contributed by atoms with Crippen LogP contribution in [-0.4, -0.2) is 11.6 Å². The number of amides is 1. The van der Waals surface area contributed by atoms with Crippen molar-refractivity contribution in [3.05, 3.63) is 67.7 Å². The Morgan fingerprint density at radius 3 is 2.50 bits per heavy atom. The first-order valence-corrected chi connectivity index (χ1v) is 7.79. The van der Waals surface area contributed by atoms with Gasteiger partial charge < -0.3 is 0 Å². The van der Waals surface area contributed by atoms with Crippen molar-refractivity contribution in [1.82, 2.24) is 5.43 Å². The number of hydrazone groups is 1. The van der Waals surface area contributed by atoms with Crippen molar-refractivity contribution in [2.24, 2.45) is 5.10 Å². The van der Waals surface area contributed by atoms with Crippen LogP contribution in [0.25, 0.3) is 0 Å². The van der Waals surface area contributed by atoms with Crippen LogP contribution in [0.4, 0.5) is 0 Å². The number of halogens is 2. The van der Waals surface area contributed by atoms with Crippen LogP contribution in [0, 0.1) is 3.57 Å². The van der Waals surface area contributed by atoms with Crippen molar-refractivity contribution in [3.8, 4) is 0 Å². The Balaban J connectivity index is 2.08. The summed E-state index contributed by atoms with van der Waals surface area (Å²) >= 11 is 5.59. The Kier molecular flexibility index (Phi) is 5.31. The molecule has 1 N–H and O–H groups in total. The van der Waals surface area contributed by atoms with E-state index >= 15 is 0 Å². The van der Waals surface area contributed by atoms with Crippen LogP contribution in [0.3, 0.4) is 0 Å². The van der Waals surface area contributed by atoms with E-state index in [1.807, 2.05) is 43.3 Å². The van der Waals surface area contributed by atoms with Crippen molar-refractivity contribution in [2.75, 3.05) is 0 Å². The molecule has 20 heavy (non-hydrogen) atoms. The fraction of sp³-hybridized carbons (Fsp3) is 0.0667. The molecule has 0 saturated heterocycles. The smallest absolute Gasteiger partial charge is 0.267 e. The number of carbonyl (C=O) groups is 1. The molecule has 1 amide bonds. The lowest BCUT2D eigenvalue weighted by molar-refractivity contribution is 0.0955. The van der Waals surface area contributed by atoms with Crippen LogP contribution in [0.5, 0.6) is 0 Å². The molecule has 0 aliphatic rings. The van der Waals surface area contributed by atoms with Crippen molar-refractivity contribution >= 4 is 50.1 Å². The molecular weight excluding hydrogens is 431 g/mol. The topological polar surface area (TPSA) is 41.5 Å². The fourth-order valence-electron chi connectivity index (χ4n) is 1.58. The second kappa shape index (κ2) is 6.99. The zero-order valence-corrected chi connectivity index (χ0v) is 14.5. The second-order valence-electron chi connectivity index (χ2n) is 4.16. The van der Waals surface area contributed by atoms with E-state index in [-0.39, 0.29) is 5.91 Å². The van der Waals surface area contributed by atoms with Gasteiger partial charge in [-0.15, -0.1) is 0 Å². The van der Waals surface area contributed by atoms with Crippen LogP contribution in [0.2, 0.25) is 0 Å². The third-order valence-electron chi connectivity index (χ3n) is 2.67. The third kappa shape index (κ3) is 4.14. The summed E-state index contributed by atoms with van der Waals surface area (Å²) in [7, 11) is 0. The highest BCUT2D eigenvalue weighted by atomic mass is 127. The maximum absolute atomic E-state index is 11.9. The summed E-state index contributed by atoms with van der Waals surface area (Å²) in [5.41, 5.74) is 4.89. The molecule has 0 aliphatic heterocycles. The maximum Gasteiger partial charge on any atom is 0.271 e. The van der Waals surface area contributed by atoms with Gasteiger partial charge in [0.15, 0.2) is 0 Å². The van der Waals surface area contributed by atoms with Gasteiger partial charge in [0.05, 0.1) is 5.71 Å². The van der Waals surface area contributed by atoms with Gasteiger partial charge in [-0.25, -0.2) is 5.43 Å². The first kappa shape index (κ1) is 15.2. The van der Waals surface area contributed by atoms with Crippen molar-refractivity contribution in [2.45, 2.75) is 6.92 Å². The average molecular weight is 443 g/mol. The van der Waals surface area contributed by atoms with E-state index in [0.717, 1.165) is 19.3 Å². The Morgan fingerprint density at radius 2 is 1.85 bits per heavy atom. The number of hydrogen-bond donors (Lipinski definition) is 1. The van der Waals surface area contributed by atoms with E-state index in [4.69, 9.17) is 0 Å². The summed E-state index contributed by atoms with van der Waals surface area (Å²) in [5, 5.41) is 4.13. The predicted octanol–water partition coefficient (Wildman–Crippen LogP) is 4.21. The SMILES string of the molecule is CC(=NNC(=O)c1cccc(Br)c1)c1ccc(I)cc1. The Bertz CT molecular complexity index is 653. The standard InChI is InChI=1S/C15H12BrIN2O/c1-10(11-5-7-14(17)8-6-11)18-19-15(20)12-3-2-4-13(16)9-12/h2-9H,1H3,(H,19,20). The Hall–Kier alpha value is -1.21. The van der Waals surface area contributed by atoms with E-state index in [2.05, 4.69) is 49.0 Å². The number of benzene rings is 2. The summed E-state index contributed by atoms with van der Waals surface area (Å²) < 4.78 is 2.03. The number of hydrogen-bond acceptors (Lipinski definition) is 2. The first-order chi connectivity index (χ1) is 9.56. The number of nitrogens with zero attached hydrogens (tertiary/aromatic N) is 1. The highest BCUT2D eigenvalue weighted by molar-refractivity contribution is 14.1. The normalized spacial score (nSPS) is 11.2. The zero-order chi connectivity index (χ0) is 14.5. The minimum atomic E-state index is -0.226. The van der Waals surface area contributed by atoms with E-state index in [0.29, 0.717) is 5.56 Å². The minimum absolute atomic E-state index is 0.226. The summed E-state index contributed by atoms with van der Waals surface area (Å²) in [4.78, 5) is 11.9. The van der Waals surface area contributed by atoms with E-state index in [9.17, 15) is 4.79 Å². The van der Waals surface area contributed by atoms with Gasteiger partial charge in [-0.05, 0) is 65.4 Å². The molecule has 2 aromatic carbocycles. The molecule has 0 fully saturated rings. The molecule has 0 saturated carbocycles. The number of carbonyl (C=O) groups excluding carboxylic acids is 1. The second-order valence-corrected chi connectivity index (χ2v) is 6.32. The molecule has 102 valence electrons. The molecule has 2 aromatic rings. The Labute approximate surface area is 139 Å². The summed E-state index contributed by atoms with van der Waals surface area (Å²) in [6.45, 7) is 1.86. The summed E-state index contributed by atoms with van der Waals surface area (Å²) in [6, 6.07) is 15.2. The van der Waals surface area contributed by atoms with Gasteiger partial charge in [-0.3, -0.25) is 4.79 Å². The molecule has 0 aliphatic carbocycles. The molecule has 0 unspecified atom stereocenters. The number of nitrogens with one attached hydrogen (secondary N) is 1. The van der Waals surface area contributed by atoms with E-state index in [1.54, 1.807) is 12.1 Å². The minimum Gasteiger partial charge on any atom is -0.267 e. The van der Waals surface area contributed by atoms with Crippen molar-refractivity contribution < 1.29 is 4.79 Å². The highest BCUT2D eigenvalue weighted by Crippen LogP contribution is 2.11. The average Bonchev–Trinajstić information content (AvgIpc) is 2.45. The zero-order valence-electron chi connectivity index (χ0n) is 10.7. The van der Waals surface area contributed by atoms with Gasteiger partial charge >= 0.3 is 0 Å². The van der Waals surface area contributed by atoms with Crippen LogP contribution in [0.15, 0.2) is 58.1 Å². The lowest BCUT2D eigenvalue weighted by Crippen LogP contribution is -2.19. The molecule has 5 heteroatoms. The van der Waals surface area contributed by atoms with Gasteiger partial charge in [0.2, 0.25) is 0 Å². The first-order valence-electron chi connectivity index (χ1n) is 5.92. The quantitative estimate of drug-likeness (QED) is 0.432. The lowest BCUT2D eigenvalue weighted by atomic mass is 10.1. The largest absolute Gasteiger partial charge is 0.271 e. The van der Waals surface area contributed by atoms with Crippen LogP contribution < -0.4 is 5.43 Å². The van der Waals surface area contributed by atoms with Gasteiger partial charge in [-0.2, -0.15) is 5.10 Å². The monoisotopic (exact) mass is 442 g/mol. The molecule has 0 atom stereocenters. The van der Waals surface area contributed by atoms with Gasteiger partial charge in [0.1, 0.15) is 0 Å². The predicted molar refractivity (Wildman–Crippen MR) is 93.0 cm³/mol. The lowest BCUT2D eigenvalue weighted by Gasteiger charge is -2.03. The number of rotatable bonds is 3. The molecule has 0 spiro atoms. The molecule has 0 radical (unpaired) electrons. The van der Waals surface area contributed by atoms with E-state index < -0.39 is 0 Å². The summed E-state index contributed by atoms with van der Waals surface area (Å²) in [5.74, 6) is -0.226. The molecular formula is C15H12BrIN2O. The van der Waals surface area contributed by atoms with Crippen LogP contribution in [0.1, 0.15) is 22.8 Å². The molecule has 0 aromatic heterocycles. The molecule has 0 bridgehead atoms. The van der Waals surface area contributed by atoms with Gasteiger partial charge in [0, 0.05) is 13.6 Å². The highest BCUT2D eigenvalue weighted by Gasteiger charge is 2.05. The van der Waals surface area contributed by atoms with Crippen molar-refractivity contribution in [3.63, 3.8) is 0 Å². The van der Waals surface area contributed by atoms with Crippen LogP contribution in [-0.2, 0) is 0 Å². The third-order valence-corrected chi connectivity index (χ3v) is 3.89. The fourth-order valence-corrected chi connectivity index (χ4v) is 2.34. The Morgan fingerprint density at radius 1 is 1.15 bits per heavy atom. The van der Waals surface area contributed by atoms with Crippen LogP contribution >= 0.6 is 38.5 Å². The maximum atomic E-state index is 11.9.